The lowest BCUT2D eigenvalue weighted by Crippen LogP contribution is -2.38. The van der Waals surface area contributed by atoms with Crippen molar-refractivity contribution in [2.45, 2.75) is 19.4 Å². The van der Waals surface area contributed by atoms with Crippen molar-refractivity contribution < 1.29 is 14.5 Å². The van der Waals surface area contributed by atoms with Crippen molar-refractivity contribution in [3.05, 3.63) is 33.9 Å². The lowest BCUT2D eigenvalue weighted by Gasteiger charge is -2.19. The number of rotatable bonds is 5. The molecular weight excluding hydrogens is 274 g/mol. The van der Waals surface area contributed by atoms with Gasteiger partial charge in [0.25, 0.3) is 11.6 Å². The molecule has 7 nitrogen and oxygen atoms in total. The van der Waals surface area contributed by atoms with E-state index in [1.54, 1.807) is 7.05 Å². The van der Waals surface area contributed by atoms with Crippen LogP contribution in [0.1, 0.15) is 23.7 Å². The Morgan fingerprint density at radius 1 is 1.52 bits per heavy atom. The minimum atomic E-state index is -0.480. The largest absolute Gasteiger partial charge is 0.383 e. The van der Waals surface area contributed by atoms with Gasteiger partial charge in [-0.05, 0) is 25.5 Å². The molecule has 1 aliphatic heterocycles. The summed E-state index contributed by atoms with van der Waals surface area (Å²) < 4.78 is 5.31. The number of amides is 1. The van der Waals surface area contributed by atoms with E-state index in [1.807, 2.05) is 6.92 Å². The third kappa shape index (κ3) is 3.49. The third-order valence-electron chi connectivity index (χ3n) is 3.76. The van der Waals surface area contributed by atoms with Crippen molar-refractivity contribution in [3.63, 3.8) is 0 Å². The summed E-state index contributed by atoms with van der Waals surface area (Å²) in [7, 11) is 1.59. The predicted octanol–water partition coefficient (Wildman–Crippen LogP) is 1.79. The minimum absolute atomic E-state index is 0.00762. The molecule has 0 radical (unpaired) electrons. The fraction of sp³-hybridized carbons (Fsp3) is 0.500. The van der Waals surface area contributed by atoms with E-state index in [-0.39, 0.29) is 17.6 Å². The van der Waals surface area contributed by atoms with Crippen molar-refractivity contribution in [3.8, 4) is 0 Å². The van der Waals surface area contributed by atoms with E-state index in [2.05, 4.69) is 10.6 Å². The topological polar surface area (TPSA) is 93.5 Å². The Morgan fingerprint density at radius 3 is 2.86 bits per heavy atom. The summed E-state index contributed by atoms with van der Waals surface area (Å²) in [6, 6.07) is 4.30. The molecule has 1 aliphatic rings. The van der Waals surface area contributed by atoms with Gasteiger partial charge in [0.2, 0.25) is 0 Å². The van der Waals surface area contributed by atoms with Crippen LogP contribution in [0, 0.1) is 16.0 Å². The standard InChI is InChI=1S/C14H19N3O4/c1-9(11-5-6-21-8-11)16-14(18)10-3-4-13(17(19)20)12(7-10)15-2/h3-4,7,9,11,15H,5-6,8H2,1-2H3,(H,16,18). The van der Waals surface area contributed by atoms with Crippen molar-refractivity contribution in [2.75, 3.05) is 25.6 Å². The first kappa shape index (κ1) is 15.2. The highest BCUT2D eigenvalue weighted by Gasteiger charge is 2.24. The number of hydrogen-bond donors (Lipinski definition) is 2. The number of ether oxygens (including phenoxy) is 1. The molecule has 2 rings (SSSR count). The molecule has 21 heavy (non-hydrogen) atoms. The molecule has 7 heteroatoms. The van der Waals surface area contributed by atoms with Crippen LogP contribution >= 0.6 is 0 Å². The first-order valence-electron chi connectivity index (χ1n) is 6.87. The SMILES string of the molecule is CNc1cc(C(=O)NC(C)C2CCOC2)ccc1[N+](=O)[O-]. The first-order chi connectivity index (χ1) is 10.0. The molecule has 2 atom stereocenters. The average Bonchev–Trinajstić information content (AvgIpc) is 3.00. The van der Waals surface area contributed by atoms with Gasteiger partial charge in [0, 0.05) is 37.2 Å². The molecular formula is C14H19N3O4. The number of carbonyl (C=O) groups is 1. The van der Waals surface area contributed by atoms with E-state index in [4.69, 9.17) is 4.74 Å². The maximum atomic E-state index is 12.2. The fourth-order valence-electron chi connectivity index (χ4n) is 2.39. The van der Waals surface area contributed by atoms with Crippen LogP contribution in [0.25, 0.3) is 0 Å². The Morgan fingerprint density at radius 2 is 2.29 bits per heavy atom. The second kappa shape index (κ2) is 6.53. The predicted molar refractivity (Wildman–Crippen MR) is 78.5 cm³/mol. The zero-order chi connectivity index (χ0) is 15.4. The van der Waals surface area contributed by atoms with Crippen LogP contribution in [0.4, 0.5) is 11.4 Å². The number of nitrogens with one attached hydrogen (secondary N) is 2. The summed E-state index contributed by atoms with van der Waals surface area (Å²) in [6.07, 6.45) is 0.934. The lowest BCUT2D eigenvalue weighted by molar-refractivity contribution is -0.383. The maximum Gasteiger partial charge on any atom is 0.292 e. The number of nitro benzene ring substituents is 1. The van der Waals surface area contributed by atoms with Crippen LogP contribution in [0.15, 0.2) is 18.2 Å². The Bertz CT molecular complexity index is 541. The van der Waals surface area contributed by atoms with E-state index in [0.717, 1.165) is 13.0 Å². The first-order valence-corrected chi connectivity index (χ1v) is 6.87. The van der Waals surface area contributed by atoms with E-state index >= 15 is 0 Å². The Kier molecular flexibility index (Phi) is 4.74. The van der Waals surface area contributed by atoms with Gasteiger partial charge in [-0.1, -0.05) is 0 Å². The van der Waals surface area contributed by atoms with E-state index < -0.39 is 4.92 Å². The summed E-state index contributed by atoms with van der Waals surface area (Å²) in [4.78, 5) is 22.6. The lowest BCUT2D eigenvalue weighted by atomic mass is 10.0. The second-order valence-corrected chi connectivity index (χ2v) is 5.12. The molecule has 0 spiro atoms. The third-order valence-corrected chi connectivity index (χ3v) is 3.76. The van der Waals surface area contributed by atoms with Crippen LogP contribution in [0.2, 0.25) is 0 Å². The molecule has 0 saturated carbocycles. The number of carbonyl (C=O) groups excluding carboxylic acids is 1. The van der Waals surface area contributed by atoms with Gasteiger partial charge in [-0.25, -0.2) is 0 Å². The van der Waals surface area contributed by atoms with Gasteiger partial charge < -0.3 is 15.4 Å². The summed E-state index contributed by atoms with van der Waals surface area (Å²) >= 11 is 0. The molecule has 1 heterocycles. The van der Waals surface area contributed by atoms with Gasteiger partial charge >= 0.3 is 0 Å². The number of anilines is 1. The number of benzene rings is 1. The van der Waals surface area contributed by atoms with Gasteiger partial charge in [-0.2, -0.15) is 0 Å². The van der Waals surface area contributed by atoms with Gasteiger partial charge in [0.15, 0.2) is 0 Å². The zero-order valence-electron chi connectivity index (χ0n) is 12.1. The molecule has 0 aliphatic carbocycles. The van der Waals surface area contributed by atoms with Crippen LogP contribution in [-0.4, -0.2) is 37.1 Å². The van der Waals surface area contributed by atoms with Gasteiger partial charge in [0.05, 0.1) is 11.5 Å². The highest BCUT2D eigenvalue weighted by molar-refractivity contribution is 5.96. The molecule has 1 aromatic rings. The van der Waals surface area contributed by atoms with Crippen LogP contribution in [0.5, 0.6) is 0 Å². The molecule has 2 N–H and O–H groups in total. The average molecular weight is 293 g/mol. The summed E-state index contributed by atoms with van der Waals surface area (Å²) in [6.45, 7) is 3.33. The molecule has 114 valence electrons. The Hall–Kier alpha value is -2.15. The monoisotopic (exact) mass is 293 g/mol. The minimum Gasteiger partial charge on any atom is -0.383 e. The smallest absolute Gasteiger partial charge is 0.292 e. The van der Waals surface area contributed by atoms with Crippen LogP contribution in [0.3, 0.4) is 0 Å². The molecule has 1 saturated heterocycles. The summed E-state index contributed by atoms with van der Waals surface area (Å²) in [5, 5.41) is 16.5. The number of nitro groups is 1. The Balaban J connectivity index is 2.10. The molecule has 0 aromatic heterocycles. The molecule has 1 aromatic carbocycles. The molecule has 1 amide bonds. The maximum absolute atomic E-state index is 12.2. The van der Waals surface area contributed by atoms with Crippen molar-refractivity contribution in [1.29, 1.82) is 0 Å². The molecule has 2 unspecified atom stereocenters. The summed E-state index contributed by atoms with van der Waals surface area (Å²) in [5.41, 5.74) is 0.673. The van der Waals surface area contributed by atoms with Crippen molar-refractivity contribution in [1.82, 2.24) is 5.32 Å². The quantitative estimate of drug-likeness (QED) is 0.637. The van der Waals surface area contributed by atoms with Crippen LogP contribution in [-0.2, 0) is 4.74 Å². The fourth-order valence-corrected chi connectivity index (χ4v) is 2.39. The number of hydrogen-bond acceptors (Lipinski definition) is 5. The van der Waals surface area contributed by atoms with E-state index in [0.29, 0.717) is 23.8 Å². The number of nitrogens with zero attached hydrogens (tertiary/aromatic N) is 1. The Labute approximate surface area is 122 Å². The van der Waals surface area contributed by atoms with Crippen molar-refractivity contribution in [2.24, 2.45) is 5.92 Å². The molecule has 1 fully saturated rings. The summed E-state index contributed by atoms with van der Waals surface area (Å²) in [5.74, 6) is 0.0802. The van der Waals surface area contributed by atoms with Gasteiger partial charge in [0.1, 0.15) is 5.69 Å². The van der Waals surface area contributed by atoms with Gasteiger partial charge in [-0.15, -0.1) is 0 Å². The highest BCUT2D eigenvalue weighted by atomic mass is 16.6. The van der Waals surface area contributed by atoms with E-state index in [9.17, 15) is 14.9 Å². The van der Waals surface area contributed by atoms with Gasteiger partial charge in [-0.3, -0.25) is 14.9 Å². The van der Waals surface area contributed by atoms with Crippen LogP contribution < -0.4 is 10.6 Å². The zero-order valence-corrected chi connectivity index (χ0v) is 12.1. The normalized spacial score (nSPS) is 19.0. The molecule has 0 bridgehead atoms. The second-order valence-electron chi connectivity index (χ2n) is 5.12. The van der Waals surface area contributed by atoms with E-state index in [1.165, 1.54) is 18.2 Å². The highest BCUT2D eigenvalue weighted by Crippen LogP contribution is 2.25. The van der Waals surface area contributed by atoms with Crippen molar-refractivity contribution >= 4 is 17.3 Å².